The number of aryl methyl sites for hydroxylation is 2. The van der Waals surface area contributed by atoms with Gasteiger partial charge in [0.2, 0.25) is 5.52 Å². The van der Waals surface area contributed by atoms with Gasteiger partial charge in [-0.1, -0.05) is 0 Å². The topological polar surface area (TPSA) is 105 Å². The predicted octanol–water partition coefficient (Wildman–Crippen LogP) is -0.419. The number of alkyl halides is 1. The Kier molecular flexibility index (Phi) is 3.14. The lowest BCUT2D eigenvalue weighted by Gasteiger charge is -2.02. The van der Waals surface area contributed by atoms with E-state index in [1.807, 2.05) is 0 Å². The Bertz CT molecular complexity index is 786. The van der Waals surface area contributed by atoms with E-state index in [0.29, 0.717) is 0 Å². The third kappa shape index (κ3) is 1.82. The van der Waals surface area contributed by atoms with Crippen LogP contribution >= 0.6 is 11.6 Å². The maximum absolute atomic E-state index is 12.1. The first-order chi connectivity index (χ1) is 8.90. The van der Waals surface area contributed by atoms with Gasteiger partial charge in [0, 0.05) is 14.1 Å². The average molecular weight is 288 g/mol. The smallest absolute Gasteiger partial charge is 0.390 e. The second-order valence-corrected chi connectivity index (χ2v) is 4.27. The highest BCUT2D eigenvalue weighted by Gasteiger charge is 2.27. The number of aromatic nitrogens is 4. The van der Waals surface area contributed by atoms with Crippen LogP contribution in [0.5, 0.6) is 0 Å². The maximum atomic E-state index is 12.1. The Morgan fingerprint density at radius 1 is 1.32 bits per heavy atom. The molecule has 19 heavy (non-hydrogen) atoms. The molecule has 2 aromatic rings. The molecule has 0 saturated carbocycles. The molecule has 0 aromatic carbocycles. The molecule has 0 aliphatic heterocycles. The summed E-state index contributed by atoms with van der Waals surface area (Å²) in [4.78, 5) is 37.8. The Morgan fingerprint density at radius 2 is 1.95 bits per heavy atom. The zero-order chi connectivity index (χ0) is 14.3. The van der Waals surface area contributed by atoms with Gasteiger partial charge in [-0.3, -0.25) is 13.9 Å². The number of nitro groups is 1. The Morgan fingerprint density at radius 3 is 2.47 bits per heavy atom. The zero-order valence-corrected chi connectivity index (χ0v) is 10.9. The highest BCUT2D eigenvalue weighted by Crippen LogP contribution is 2.17. The van der Waals surface area contributed by atoms with E-state index in [2.05, 4.69) is 4.98 Å². The predicted molar refractivity (Wildman–Crippen MR) is 67.6 cm³/mol. The molecular weight excluding hydrogens is 278 g/mol. The fraction of sp³-hybridized carbons (Fsp3) is 0.444. The van der Waals surface area contributed by atoms with Crippen LogP contribution in [0.3, 0.4) is 0 Å². The van der Waals surface area contributed by atoms with Crippen LogP contribution in [0.1, 0.15) is 0 Å². The molecule has 0 aliphatic rings. The van der Waals surface area contributed by atoms with Gasteiger partial charge in [0.05, 0.1) is 12.4 Å². The van der Waals surface area contributed by atoms with E-state index in [-0.39, 0.29) is 23.6 Å². The van der Waals surface area contributed by atoms with Gasteiger partial charge in [-0.05, 0) is 9.91 Å². The average Bonchev–Trinajstić information content (AvgIpc) is 2.74. The summed E-state index contributed by atoms with van der Waals surface area (Å²) >= 11 is 5.58. The van der Waals surface area contributed by atoms with Crippen molar-refractivity contribution in [3.63, 3.8) is 0 Å². The van der Waals surface area contributed by atoms with Gasteiger partial charge in [-0.25, -0.2) is 9.36 Å². The van der Waals surface area contributed by atoms with Gasteiger partial charge < -0.3 is 10.1 Å². The fourth-order valence-electron chi connectivity index (χ4n) is 1.87. The Balaban J connectivity index is 3.05. The van der Waals surface area contributed by atoms with E-state index in [9.17, 15) is 19.7 Å². The van der Waals surface area contributed by atoms with Crippen LogP contribution in [0.2, 0.25) is 0 Å². The lowest BCUT2D eigenvalue weighted by atomic mass is 10.5. The first-order valence-electron chi connectivity index (χ1n) is 5.26. The van der Waals surface area contributed by atoms with E-state index in [1.54, 1.807) is 0 Å². The SMILES string of the molecule is Cn1c(=O)c2c(nc([N+](=O)[O-])n2CCCl)n(C)c1=O. The van der Waals surface area contributed by atoms with Crippen LogP contribution in [-0.4, -0.2) is 29.5 Å². The van der Waals surface area contributed by atoms with Crippen LogP contribution in [0.25, 0.3) is 11.2 Å². The second kappa shape index (κ2) is 4.50. The van der Waals surface area contributed by atoms with Crippen molar-refractivity contribution in [1.29, 1.82) is 0 Å². The van der Waals surface area contributed by atoms with Crippen molar-refractivity contribution in [3.8, 4) is 0 Å². The summed E-state index contributed by atoms with van der Waals surface area (Å²) in [5.41, 5.74) is -1.26. The first-order valence-corrected chi connectivity index (χ1v) is 5.80. The molecule has 0 bridgehead atoms. The molecular formula is C9H10ClN5O4. The lowest BCUT2D eigenvalue weighted by Crippen LogP contribution is -2.37. The third-order valence-electron chi connectivity index (χ3n) is 2.80. The molecule has 9 nitrogen and oxygen atoms in total. The summed E-state index contributed by atoms with van der Waals surface area (Å²) in [6.07, 6.45) is 0. The van der Waals surface area contributed by atoms with Crippen molar-refractivity contribution in [2.75, 3.05) is 5.88 Å². The van der Waals surface area contributed by atoms with Crippen molar-refractivity contribution < 1.29 is 4.92 Å². The number of fused-ring (bicyclic) bond motifs is 1. The molecule has 0 unspecified atom stereocenters. The Labute approximate surface area is 110 Å². The van der Waals surface area contributed by atoms with E-state index < -0.39 is 22.1 Å². The molecule has 2 heterocycles. The summed E-state index contributed by atoms with van der Waals surface area (Å²) in [5.74, 6) is -0.424. The van der Waals surface area contributed by atoms with Crippen molar-refractivity contribution in [2.45, 2.75) is 6.54 Å². The van der Waals surface area contributed by atoms with Gasteiger partial charge in [0.1, 0.15) is 0 Å². The molecule has 2 aromatic heterocycles. The highest BCUT2D eigenvalue weighted by atomic mass is 35.5. The molecule has 0 radical (unpaired) electrons. The van der Waals surface area contributed by atoms with Crippen LogP contribution in [-0.2, 0) is 20.6 Å². The monoisotopic (exact) mass is 287 g/mol. The summed E-state index contributed by atoms with van der Waals surface area (Å²) in [6, 6.07) is 0. The largest absolute Gasteiger partial charge is 0.437 e. The molecule has 0 spiro atoms. The molecule has 0 saturated heterocycles. The molecule has 0 atom stereocenters. The van der Waals surface area contributed by atoms with Crippen LogP contribution in [0.4, 0.5) is 5.95 Å². The maximum Gasteiger partial charge on any atom is 0.437 e. The van der Waals surface area contributed by atoms with Gasteiger partial charge in [0.25, 0.3) is 11.2 Å². The fourth-order valence-corrected chi connectivity index (χ4v) is 2.04. The van der Waals surface area contributed by atoms with Crippen molar-refractivity contribution in [2.24, 2.45) is 14.1 Å². The van der Waals surface area contributed by atoms with Crippen molar-refractivity contribution in [3.05, 3.63) is 31.0 Å². The van der Waals surface area contributed by atoms with Crippen LogP contribution in [0, 0.1) is 10.1 Å². The lowest BCUT2D eigenvalue weighted by molar-refractivity contribution is -0.396. The number of rotatable bonds is 3. The zero-order valence-electron chi connectivity index (χ0n) is 10.2. The van der Waals surface area contributed by atoms with Crippen LogP contribution < -0.4 is 11.2 Å². The molecule has 0 fully saturated rings. The molecule has 0 amide bonds. The molecule has 0 N–H and O–H groups in total. The molecule has 10 heteroatoms. The summed E-state index contributed by atoms with van der Waals surface area (Å²) in [7, 11) is 2.69. The second-order valence-electron chi connectivity index (χ2n) is 3.89. The van der Waals surface area contributed by atoms with Gasteiger partial charge in [-0.2, -0.15) is 0 Å². The number of halogens is 1. The van der Waals surface area contributed by atoms with E-state index in [0.717, 1.165) is 13.7 Å². The van der Waals surface area contributed by atoms with Gasteiger partial charge in [0.15, 0.2) is 0 Å². The minimum Gasteiger partial charge on any atom is -0.390 e. The quantitative estimate of drug-likeness (QED) is 0.433. The summed E-state index contributed by atoms with van der Waals surface area (Å²) in [6.45, 7) is 0.0574. The first kappa shape index (κ1) is 13.3. The van der Waals surface area contributed by atoms with Crippen LogP contribution in [0.15, 0.2) is 9.59 Å². The third-order valence-corrected chi connectivity index (χ3v) is 2.97. The minimum atomic E-state index is -0.712. The molecule has 2 rings (SSSR count). The Hall–Kier alpha value is -2.16. The number of nitrogens with zero attached hydrogens (tertiary/aromatic N) is 5. The number of imidazole rings is 1. The normalized spacial score (nSPS) is 11.1. The highest BCUT2D eigenvalue weighted by molar-refractivity contribution is 6.17. The van der Waals surface area contributed by atoms with Crippen molar-refractivity contribution in [1.82, 2.24) is 18.7 Å². The van der Waals surface area contributed by atoms with E-state index >= 15 is 0 Å². The van der Waals surface area contributed by atoms with Gasteiger partial charge >= 0.3 is 11.6 Å². The van der Waals surface area contributed by atoms with Gasteiger partial charge in [-0.15, -0.1) is 11.6 Å². The minimum absolute atomic E-state index is 0.00282. The number of hydrogen-bond acceptors (Lipinski definition) is 5. The van der Waals surface area contributed by atoms with E-state index in [4.69, 9.17) is 11.6 Å². The summed E-state index contributed by atoms with van der Waals surface area (Å²) < 4.78 is 3.08. The summed E-state index contributed by atoms with van der Waals surface area (Å²) in [5, 5.41) is 10.9. The number of hydrogen-bond donors (Lipinski definition) is 0. The standard InChI is InChI=1S/C9H10ClN5O4/c1-12-6-5(7(16)13(2)9(12)17)14(4-3-10)8(11-6)15(18)19/h3-4H2,1-2H3. The van der Waals surface area contributed by atoms with Crippen molar-refractivity contribution >= 4 is 28.7 Å². The molecule has 0 aliphatic carbocycles. The van der Waals surface area contributed by atoms with E-state index in [1.165, 1.54) is 14.1 Å². The molecule has 102 valence electrons.